The number of nitrogens with two attached hydrogens (primary N) is 1. The van der Waals surface area contributed by atoms with Gasteiger partial charge in [0.05, 0.1) is 16.4 Å². The van der Waals surface area contributed by atoms with Crippen LogP contribution in [0.3, 0.4) is 0 Å². The predicted octanol–water partition coefficient (Wildman–Crippen LogP) is 2.56. The second-order valence-corrected chi connectivity index (χ2v) is 3.62. The molecule has 78 valence electrons. The normalized spacial score (nSPS) is 10.6. The van der Waals surface area contributed by atoms with Gasteiger partial charge in [-0.15, -0.1) is 0 Å². The minimum absolute atomic E-state index is 0.0678. The highest BCUT2D eigenvalue weighted by Crippen LogP contribution is 2.20. The van der Waals surface area contributed by atoms with Gasteiger partial charge in [-0.05, 0) is 25.1 Å². The molecule has 0 unspecified atom stereocenters. The third-order valence-electron chi connectivity index (χ3n) is 2.04. The van der Waals surface area contributed by atoms with E-state index in [0.717, 1.165) is 5.69 Å². The maximum absolute atomic E-state index is 12.9. The molecule has 5 heteroatoms. The maximum Gasteiger partial charge on any atom is 0.205 e. The Kier molecular flexibility index (Phi) is 2.36. The van der Waals surface area contributed by atoms with Crippen LogP contribution in [0.1, 0.15) is 5.69 Å². The van der Waals surface area contributed by atoms with Crippen LogP contribution >= 0.6 is 11.6 Å². The molecule has 0 aliphatic rings. The predicted molar refractivity (Wildman–Crippen MR) is 57.7 cm³/mol. The lowest BCUT2D eigenvalue weighted by Gasteiger charge is -2.04. The molecule has 1 aromatic heterocycles. The Balaban J connectivity index is 2.54. The summed E-state index contributed by atoms with van der Waals surface area (Å²) in [6, 6.07) is 4.40. The number of aromatic nitrogens is 2. The van der Waals surface area contributed by atoms with Crippen LogP contribution in [0.2, 0.25) is 5.02 Å². The molecule has 0 aliphatic heterocycles. The molecule has 1 heterocycles. The molecule has 15 heavy (non-hydrogen) atoms. The maximum atomic E-state index is 12.9. The van der Waals surface area contributed by atoms with E-state index in [1.54, 1.807) is 16.8 Å². The first kappa shape index (κ1) is 9.98. The van der Waals surface area contributed by atoms with Crippen LogP contribution in [-0.2, 0) is 0 Å². The summed E-state index contributed by atoms with van der Waals surface area (Å²) < 4.78 is 14.6. The van der Waals surface area contributed by atoms with Crippen molar-refractivity contribution < 1.29 is 4.39 Å². The van der Waals surface area contributed by atoms with Crippen molar-refractivity contribution in [2.45, 2.75) is 6.92 Å². The molecule has 2 N–H and O–H groups in total. The molecule has 2 aromatic rings. The van der Waals surface area contributed by atoms with Gasteiger partial charge >= 0.3 is 0 Å². The number of nitrogen functional groups attached to an aromatic ring is 1. The van der Waals surface area contributed by atoms with E-state index in [2.05, 4.69) is 4.98 Å². The van der Waals surface area contributed by atoms with Crippen LogP contribution in [0.15, 0.2) is 24.4 Å². The third kappa shape index (κ3) is 1.80. The van der Waals surface area contributed by atoms with Gasteiger partial charge in [0.25, 0.3) is 0 Å². The van der Waals surface area contributed by atoms with Crippen molar-refractivity contribution >= 4 is 17.5 Å². The van der Waals surface area contributed by atoms with Crippen LogP contribution in [0.25, 0.3) is 5.69 Å². The molecular weight excluding hydrogens is 217 g/mol. The van der Waals surface area contributed by atoms with Gasteiger partial charge in [0.15, 0.2) is 0 Å². The van der Waals surface area contributed by atoms with Gasteiger partial charge in [0.2, 0.25) is 5.95 Å². The van der Waals surface area contributed by atoms with Gasteiger partial charge in [-0.2, -0.15) is 0 Å². The molecule has 0 atom stereocenters. The third-order valence-corrected chi connectivity index (χ3v) is 2.32. The monoisotopic (exact) mass is 225 g/mol. The summed E-state index contributed by atoms with van der Waals surface area (Å²) in [6.45, 7) is 1.83. The minimum atomic E-state index is -0.448. The number of benzene rings is 1. The summed E-state index contributed by atoms with van der Waals surface area (Å²) in [6.07, 6.45) is 1.76. The number of hydrogen-bond donors (Lipinski definition) is 1. The molecule has 1 aromatic carbocycles. The highest BCUT2D eigenvalue weighted by Gasteiger charge is 2.06. The van der Waals surface area contributed by atoms with E-state index >= 15 is 0 Å². The first-order valence-electron chi connectivity index (χ1n) is 4.35. The fourth-order valence-corrected chi connectivity index (χ4v) is 1.53. The highest BCUT2D eigenvalue weighted by molar-refractivity contribution is 6.30. The average Bonchev–Trinajstić information content (AvgIpc) is 2.50. The van der Waals surface area contributed by atoms with Crippen molar-refractivity contribution in [1.82, 2.24) is 9.55 Å². The summed E-state index contributed by atoms with van der Waals surface area (Å²) in [7, 11) is 0. The van der Waals surface area contributed by atoms with Crippen LogP contribution < -0.4 is 5.73 Å². The van der Waals surface area contributed by atoms with E-state index in [1.807, 2.05) is 6.92 Å². The Bertz CT molecular complexity index is 507. The van der Waals surface area contributed by atoms with E-state index in [4.69, 9.17) is 17.3 Å². The van der Waals surface area contributed by atoms with Crippen molar-refractivity contribution in [3.8, 4) is 5.69 Å². The lowest BCUT2D eigenvalue weighted by molar-refractivity contribution is 0.628. The van der Waals surface area contributed by atoms with Gasteiger partial charge < -0.3 is 5.73 Å². The number of rotatable bonds is 1. The number of nitrogens with zero attached hydrogens (tertiary/aromatic N) is 2. The lowest BCUT2D eigenvalue weighted by Crippen LogP contribution is -1.99. The Morgan fingerprint density at radius 1 is 1.47 bits per heavy atom. The first-order chi connectivity index (χ1) is 7.08. The summed E-state index contributed by atoms with van der Waals surface area (Å²) in [4.78, 5) is 4.04. The lowest BCUT2D eigenvalue weighted by atomic mass is 10.3. The average molecular weight is 226 g/mol. The largest absolute Gasteiger partial charge is 0.369 e. The molecule has 0 aliphatic carbocycles. The van der Waals surface area contributed by atoms with E-state index in [1.165, 1.54) is 12.1 Å². The number of aryl methyl sites for hydroxylation is 1. The fraction of sp³-hybridized carbons (Fsp3) is 0.100. The first-order valence-corrected chi connectivity index (χ1v) is 4.72. The summed E-state index contributed by atoms with van der Waals surface area (Å²) in [5, 5.41) is 0.0678. The SMILES string of the molecule is Cc1cn(-c2ccc(F)c(Cl)c2)c(N)n1. The number of anilines is 1. The highest BCUT2D eigenvalue weighted by atomic mass is 35.5. The van der Waals surface area contributed by atoms with E-state index in [-0.39, 0.29) is 5.02 Å². The molecular formula is C10H9ClFN3. The fourth-order valence-electron chi connectivity index (χ4n) is 1.36. The topological polar surface area (TPSA) is 43.8 Å². The molecule has 0 spiro atoms. The summed E-state index contributed by atoms with van der Waals surface area (Å²) >= 11 is 5.67. The number of hydrogen-bond acceptors (Lipinski definition) is 2. The van der Waals surface area contributed by atoms with Gasteiger partial charge in [0, 0.05) is 6.20 Å². The van der Waals surface area contributed by atoms with Gasteiger partial charge in [-0.1, -0.05) is 11.6 Å². The van der Waals surface area contributed by atoms with Gasteiger partial charge in [-0.3, -0.25) is 4.57 Å². The zero-order valence-corrected chi connectivity index (χ0v) is 8.79. The van der Waals surface area contributed by atoms with Crippen molar-refractivity contribution in [2.24, 2.45) is 0 Å². The summed E-state index contributed by atoms with van der Waals surface area (Å²) in [5.41, 5.74) is 7.17. The van der Waals surface area contributed by atoms with Crippen molar-refractivity contribution in [3.63, 3.8) is 0 Å². The molecule has 0 fully saturated rings. The number of imidazole rings is 1. The van der Waals surface area contributed by atoms with Crippen molar-refractivity contribution in [3.05, 3.63) is 40.9 Å². The molecule has 0 amide bonds. The quantitative estimate of drug-likeness (QED) is 0.811. The van der Waals surface area contributed by atoms with Crippen LogP contribution in [0.4, 0.5) is 10.3 Å². The second-order valence-electron chi connectivity index (χ2n) is 3.21. The molecule has 2 rings (SSSR count). The molecule has 0 saturated heterocycles. The van der Waals surface area contributed by atoms with Crippen LogP contribution in [0, 0.1) is 12.7 Å². The van der Waals surface area contributed by atoms with E-state index in [9.17, 15) is 4.39 Å². The van der Waals surface area contributed by atoms with Crippen molar-refractivity contribution in [2.75, 3.05) is 5.73 Å². The molecule has 0 saturated carbocycles. The van der Waals surface area contributed by atoms with Crippen molar-refractivity contribution in [1.29, 1.82) is 0 Å². The minimum Gasteiger partial charge on any atom is -0.369 e. The van der Waals surface area contributed by atoms with Gasteiger partial charge in [-0.25, -0.2) is 9.37 Å². The second kappa shape index (κ2) is 3.55. The zero-order valence-electron chi connectivity index (χ0n) is 8.04. The standard InChI is InChI=1S/C10H9ClFN3/c1-6-5-15(10(13)14-6)7-2-3-9(12)8(11)4-7/h2-5H,1H3,(H2,13,14). The van der Waals surface area contributed by atoms with Crippen LogP contribution in [-0.4, -0.2) is 9.55 Å². The number of halogens is 2. The Hall–Kier alpha value is -1.55. The van der Waals surface area contributed by atoms with Crippen LogP contribution in [0.5, 0.6) is 0 Å². The molecule has 0 bridgehead atoms. The zero-order chi connectivity index (χ0) is 11.0. The Morgan fingerprint density at radius 2 is 2.20 bits per heavy atom. The van der Waals surface area contributed by atoms with E-state index < -0.39 is 5.82 Å². The molecule has 3 nitrogen and oxygen atoms in total. The van der Waals surface area contributed by atoms with Gasteiger partial charge in [0.1, 0.15) is 5.82 Å². The Labute approximate surface area is 91.3 Å². The summed E-state index contributed by atoms with van der Waals surface area (Å²) in [5.74, 6) is -0.0917. The molecule has 0 radical (unpaired) electrons. The Morgan fingerprint density at radius 3 is 2.73 bits per heavy atom. The van der Waals surface area contributed by atoms with E-state index in [0.29, 0.717) is 11.6 Å². The smallest absolute Gasteiger partial charge is 0.205 e.